The Hall–Kier alpha value is -2.09. The van der Waals surface area contributed by atoms with Gasteiger partial charge >= 0.3 is 0 Å². The van der Waals surface area contributed by atoms with Gasteiger partial charge in [-0.25, -0.2) is 0 Å². The van der Waals surface area contributed by atoms with Crippen LogP contribution in [0.2, 0.25) is 0 Å². The number of aliphatic imine (C=N–C) groups is 1. The molecule has 0 unspecified atom stereocenters. The van der Waals surface area contributed by atoms with Crippen LogP contribution >= 0.6 is 0 Å². The Kier molecular flexibility index (Phi) is 3.01. The molecule has 0 aromatic heterocycles. The zero-order valence-electron chi connectivity index (χ0n) is 9.18. The van der Waals surface area contributed by atoms with E-state index >= 15 is 0 Å². The third-order valence-corrected chi connectivity index (χ3v) is 2.48. The average Bonchev–Trinajstić information content (AvgIpc) is 2.39. The fourth-order valence-electron chi connectivity index (χ4n) is 1.63. The maximum absolute atomic E-state index is 5.13. The number of methoxy groups -OCH3 is 1. The molecule has 0 N–H and O–H groups in total. The van der Waals surface area contributed by atoms with Crippen molar-refractivity contribution in [2.75, 3.05) is 7.11 Å². The minimum Gasteiger partial charge on any atom is -0.497 e. The van der Waals surface area contributed by atoms with E-state index in [9.17, 15) is 0 Å². The molecular weight excluding hydrogens is 198 g/mol. The van der Waals surface area contributed by atoms with E-state index in [4.69, 9.17) is 4.74 Å². The van der Waals surface area contributed by atoms with Crippen LogP contribution in [0.15, 0.2) is 53.5 Å². The number of nitrogens with zero attached hydrogens (tertiary/aromatic N) is 1. The van der Waals surface area contributed by atoms with E-state index in [1.807, 2.05) is 48.5 Å². The zero-order chi connectivity index (χ0) is 11.4. The normalized spacial score (nSPS) is 9.81. The van der Waals surface area contributed by atoms with Crippen molar-refractivity contribution in [3.8, 4) is 16.9 Å². The lowest BCUT2D eigenvalue weighted by molar-refractivity contribution is 0.415. The SMILES string of the molecule is C=Nc1ccccc1-c1ccc(OC)cc1. The summed E-state index contributed by atoms with van der Waals surface area (Å²) in [5.74, 6) is 0.854. The number of benzene rings is 2. The molecule has 0 bridgehead atoms. The van der Waals surface area contributed by atoms with Crippen LogP contribution in [0.1, 0.15) is 0 Å². The average molecular weight is 211 g/mol. The predicted molar refractivity (Wildman–Crippen MR) is 67.6 cm³/mol. The Bertz CT molecular complexity index is 488. The van der Waals surface area contributed by atoms with E-state index in [2.05, 4.69) is 11.7 Å². The largest absolute Gasteiger partial charge is 0.497 e. The monoisotopic (exact) mass is 211 g/mol. The Morgan fingerprint density at radius 2 is 1.69 bits per heavy atom. The van der Waals surface area contributed by atoms with Gasteiger partial charge in [0, 0.05) is 5.56 Å². The molecular formula is C14H13NO. The molecule has 0 aliphatic carbocycles. The molecule has 0 spiro atoms. The molecule has 2 nitrogen and oxygen atoms in total. The Labute approximate surface area is 95.2 Å². The quantitative estimate of drug-likeness (QED) is 0.709. The summed E-state index contributed by atoms with van der Waals surface area (Å²) in [7, 11) is 1.66. The van der Waals surface area contributed by atoms with Gasteiger partial charge < -0.3 is 4.74 Å². The van der Waals surface area contributed by atoms with Crippen molar-refractivity contribution in [3.63, 3.8) is 0 Å². The number of ether oxygens (including phenoxy) is 1. The summed E-state index contributed by atoms with van der Waals surface area (Å²) in [5.41, 5.74) is 3.09. The molecule has 0 radical (unpaired) electrons. The van der Waals surface area contributed by atoms with Gasteiger partial charge in [0.1, 0.15) is 5.75 Å². The standard InChI is InChI=1S/C14H13NO/c1-15-14-6-4-3-5-13(14)11-7-9-12(16-2)10-8-11/h3-10H,1H2,2H3. The van der Waals surface area contributed by atoms with E-state index in [1.165, 1.54) is 0 Å². The van der Waals surface area contributed by atoms with Crippen LogP contribution in [0.3, 0.4) is 0 Å². The van der Waals surface area contributed by atoms with E-state index in [1.54, 1.807) is 7.11 Å². The minimum atomic E-state index is 0.854. The first-order valence-electron chi connectivity index (χ1n) is 5.05. The van der Waals surface area contributed by atoms with Crippen LogP contribution < -0.4 is 4.74 Å². The van der Waals surface area contributed by atoms with Gasteiger partial charge in [0.05, 0.1) is 12.8 Å². The van der Waals surface area contributed by atoms with E-state index in [0.717, 1.165) is 22.6 Å². The summed E-state index contributed by atoms with van der Waals surface area (Å²) in [5, 5.41) is 0. The zero-order valence-corrected chi connectivity index (χ0v) is 9.18. The fourth-order valence-corrected chi connectivity index (χ4v) is 1.63. The molecule has 0 fully saturated rings. The summed E-state index contributed by atoms with van der Waals surface area (Å²) < 4.78 is 5.13. The van der Waals surface area contributed by atoms with Crippen LogP contribution in [0.25, 0.3) is 11.1 Å². The number of para-hydroxylation sites is 1. The third-order valence-electron chi connectivity index (χ3n) is 2.48. The molecule has 0 saturated heterocycles. The molecule has 16 heavy (non-hydrogen) atoms. The molecule has 0 aliphatic rings. The van der Waals surface area contributed by atoms with Gasteiger partial charge in [-0.15, -0.1) is 0 Å². The molecule has 2 aromatic carbocycles. The summed E-state index contributed by atoms with van der Waals surface area (Å²) in [6, 6.07) is 15.8. The minimum absolute atomic E-state index is 0.854. The smallest absolute Gasteiger partial charge is 0.118 e. The summed E-state index contributed by atoms with van der Waals surface area (Å²) in [4.78, 5) is 4.01. The van der Waals surface area contributed by atoms with Crippen molar-refractivity contribution in [3.05, 3.63) is 48.5 Å². The highest BCUT2D eigenvalue weighted by molar-refractivity contribution is 5.77. The number of hydrogen-bond acceptors (Lipinski definition) is 2. The van der Waals surface area contributed by atoms with Crippen molar-refractivity contribution < 1.29 is 4.74 Å². The molecule has 0 aliphatic heterocycles. The van der Waals surface area contributed by atoms with Crippen molar-refractivity contribution in [2.24, 2.45) is 4.99 Å². The van der Waals surface area contributed by atoms with Gasteiger partial charge in [0.15, 0.2) is 0 Å². The van der Waals surface area contributed by atoms with Crippen molar-refractivity contribution in [1.29, 1.82) is 0 Å². The lowest BCUT2D eigenvalue weighted by Gasteiger charge is -2.06. The third kappa shape index (κ3) is 1.96. The van der Waals surface area contributed by atoms with E-state index < -0.39 is 0 Å². The summed E-state index contributed by atoms with van der Waals surface area (Å²) >= 11 is 0. The highest BCUT2D eigenvalue weighted by Crippen LogP contribution is 2.30. The number of rotatable bonds is 3. The highest BCUT2D eigenvalue weighted by Gasteiger charge is 2.02. The second-order valence-electron chi connectivity index (χ2n) is 3.40. The highest BCUT2D eigenvalue weighted by atomic mass is 16.5. The lowest BCUT2D eigenvalue weighted by Crippen LogP contribution is -1.83. The molecule has 2 aromatic rings. The molecule has 0 heterocycles. The first-order valence-corrected chi connectivity index (χ1v) is 5.05. The van der Waals surface area contributed by atoms with Crippen LogP contribution in [0.5, 0.6) is 5.75 Å². The van der Waals surface area contributed by atoms with Crippen molar-refractivity contribution >= 4 is 12.4 Å². The lowest BCUT2D eigenvalue weighted by atomic mass is 10.0. The molecule has 2 heteroatoms. The van der Waals surface area contributed by atoms with Gasteiger partial charge in [-0.1, -0.05) is 30.3 Å². The van der Waals surface area contributed by atoms with E-state index in [-0.39, 0.29) is 0 Å². The van der Waals surface area contributed by atoms with Crippen LogP contribution in [0.4, 0.5) is 5.69 Å². The maximum atomic E-state index is 5.13. The Morgan fingerprint density at radius 1 is 1.00 bits per heavy atom. The van der Waals surface area contributed by atoms with E-state index in [0.29, 0.717) is 0 Å². The van der Waals surface area contributed by atoms with Gasteiger partial charge in [-0.2, -0.15) is 0 Å². The van der Waals surface area contributed by atoms with Crippen LogP contribution in [-0.2, 0) is 0 Å². The Morgan fingerprint density at radius 3 is 2.31 bits per heavy atom. The molecule has 2 rings (SSSR count). The maximum Gasteiger partial charge on any atom is 0.118 e. The van der Waals surface area contributed by atoms with Crippen molar-refractivity contribution in [2.45, 2.75) is 0 Å². The summed E-state index contributed by atoms with van der Waals surface area (Å²) in [6.07, 6.45) is 0. The number of hydrogen-bond donors (Lipinski definition) is 0. The summed E-state index contributed by atoms with van der Waals surface area (Å²) in [6.45, 7) is 3.58. The molecule has 0 saturated carbocycles. The molecule has 0 amide bonds. The first-order chi connectivity index (χ1) is 7.85. The van der Waals surface area contributed by atoms with Gasteiger partial charge in [0.25, 0.3) is 0 Å². The van der Waals surface area contributed by atoms with Gasteiger partial charge in [-0.3, -0.25) is 4.99 Å². The molecule has 80 valence electrons. The van der Waals surface area contributed by atoms with Gasteiger partial charge in [0.2, 0.25) is 0 Å². The first kappa shape index (κ1) is 10.4. The van der Waals surface area contributed by atoms with Crippen LogP contribution in [0, 0.1) is 0 Å². The fraction of sp³-hybridized carbons (Fsp3) is 0.0714. The molecule has 0 atom stereocenters. The van der Waals surface area contributed by atoms with Crippen LogP contribution in [-0.4, -0.2) is 13.8 Å². The topological polar surface area (TPSA) is 21.6 Å². The second kappa shape index (κ2) is 4.62. The predicted octanol–water partition coefficient (Wildman–Crippen LogP) is 3.69. The Balaban J connectivity index is 2.46. The van der Waals surface area contributed by atoms with Crippen molar-refractivity contribution in [1.82, 2.24) is 0 Å². The second-order valence-corrected chi connectivity index (χ2v) is 3.40. The van der Waals surface area contributed by atoms with Gasteiger partial charge in [-0.05, 0) is 30.5 Å².